The molecule has 19 heavy (non-hydrogen) atoms. The number of hydrogen-bond donors (Lipinski definition) is 2. The average molecular weight is 293 g/mol. The van der Waals surface area contributed by atoms with Crippen LogP contribution in [0.25, 0.3) is 0 Å². The summed E-state index contributed by atoms with van der Waals surface area (Å²) in [5.74, 6) is 0.0104. The number of carbonyl (C=O) groups is 1. The van der Waals surface area contributed by atoms with Gasteiger partial charge in [-0.15, -0.1) is 12.4 Å². The van der Waals surface area contributed by atoms with Crippen LogP contribution in [0.5, 0.6) is 0 Å². The first kappa shape index (κ1) is 18.7. The molecule has 3 N–H and O–H groups in total. The van der Waals surface area contributed by atoms with Crippen LogP contribution in [0.15, 0.2) is 0 Å². The second-order valence-corrected chi connectivity index (χ2v) is 5.18. The molecule has 1 aliphatic carbocycles. The minimum atomic E-state index is -0.328. The number of ether oxygens (including phenoxy) is 1. The highest BCUT2D eigenvalue weighted by Gasteiger charge is 2.19. The summed E-state index contributed by atoms with van der Waals surface area (Å²) in [6.07, 6.45) is 9.12. The van der Waals surface area contributed by atoms with Gasteiger partial charge in [-0.3, -0.25) is 4.79 Å². The number of nitrogens with one attached hydrogen (secondary N) is 1. The third-order valence-corrected chi connectivity index (χ3v) is 3.50. The van der Waals surface area contributed by atoms with E-state index in [4.69, 9.17) is 10.5 Å². The minimum absolute atomic E-state index is 0. The normalized spacial score (nSPS) is 18.2. The van der Waals surface area contributed by atoms with Gasteiger partial charge in [0.05, 0.1) is 6.10 Å². The van der Waals surface area contributed by atoms with Crippen molar-refractivity contribution in [2.24, 2.45) is 5.73 Å². The smallest absolute Gasteiger partial charge is 0.248 e. The van der Waals surface area contributed by atoms with Crippen molar-refractivity contribution in [1.29, 1.82) is 0 Å². The molecule has 0 aromatic heterocycles. The van der Waals surface area contributed by atoms with Crippen molar-refractivity contribution >= 4 is 18.3 Å². The van der Waals surface area contributed by atoms with Crippen LogP contribution in [-0.4, -0.2) is 31.2 Å². The first-order valence-electron chi connectivity index (χ1n) is 7.37. The molecule has 1 unspecified atom stereocenters. The first-order valence-corrected chi connectivity index (χ1v) is 7.37. The average Bonchev–Trinajstić information content (AvgIpc) is 2.63. The third-order valence-electron chi connectivity index (χ3n) is 3.50. The molecule has 1 saturated carbocycles. The van der Waals surface area contributed by atoms with E-state index in [1.54, 1.807) is 0 Å². The maximum Gasteiger partial charge on any atom is 0.248 e. The summed E-state index contributed by atoms with van der Waals surface area (Å²) in [6.45, 7) is 3.24. The lowest BCUT2D eigenvalue weighted by Gasteiger charge is -2.20. The summed E-state index contributed by atoms with van der Waals surface area (Å²) < 4.78 is 5.85. The van der Waals surface area contributed by atoms with Crippen molar-refractivity contribution in [2.75, 3.05) is 13.1 Å². The molecule has 0 heterocycles. The molecule has 4 nitrogen and oxygen atoms in total. The first-order chi connectivity index (χ1) is 8.74. The van der Waals surface area contributed by atoms with Gasteiger partial charge in [0.1, 0.15) is 6.10 Å². The lowest BCUT2D eigenvalue weighted by molar-refractivity contribution is -0.135. The fourth-order valence-corrected chi connectivity index (χ4v) is 2.35. The van der Waals surface area contributed by atoms with E-state index < -0.39 is 0 Å². The van der Waals surface area contributed by atoms with Gasteiger partial charge in [-0.05, 0) is 39.2 Å². The standard InChI is InChI=1S/C14H28N2O2.ClH/c1-12(14(17)16-11-7-6-10-15)18-13-8-4-2-3-5-9-13;/h12-13H,2-11,15H2,1H3,(H,16,17);1H. The highest BCUT2D eigenvalue weighted by atomic mass is 35.5. The van der Waals surface area contributed by atoms with Crippen LogP contribution in [-0.2, 0) is 9.53 Å². The van der Waals surface area contributed by atoms with E-state index >= 15 is 0 Å². The molecule has 1 fully saturated rings. The van der Waals surface area contributed by atoms with Crippen LogP contribution in [0, 0.1) is 0 Å². The molecule has 0 aliphatic heterocycles. The summed E-state index contributed by atoms with van der Waals surface area (Å²) >= 11 is 0. The maximum absolute atomic E-state index is 11.8. The Hall–Kier alpha value is -0.320. The number of amides is 1. The summed E-state index contributed by atoms with van der Waals surface area (Å²) in [5, 5.41) is 2.90. The highest BCUT2D eigenvalue weighted by Crippen LogP contribution is 2.20. The quantitative estimate of drug-likeness (QED) is 0.559. The Kier molecular flexibility index (Phi) is 11.3. The Labute approximate surface area is 123 Å². The molecule has 114 valence electrons. The molecule has 0 aromatic rings. The van der Waals surface area contributed by atoms with Crippen LogP contribution in [0.1, 0.15) is 58.3 Å². The van der Waals surface area contributed by atoms with E-state index in [1.165, 1.54) is 25.7 Å². The molecular weight excluding hydrogens is 264 g/mol. The molecule has 0 saturated heterocycles. The third kappa shape index (κ3) is 8.45. The lowest BCUT2D eigenvalue weighted by Crippen LogP contribution is -2.37. The van der Waals surface area contributed by atoms with Gasteiger partial charge in [0.15, 0.2) is 0 Å². The SMILES string of the molecule is CC(OC1CCCCCC1)C(=O)NCCCCN.Cl. The van der Waals surface area contributed by atoms with Gasteiger partial charge in [0.2, 0.25) is 5.91 Å². The van der Waals surface area contributed by atoms with E-state index in [0.29, 0.717) is 13.1 Å². The fraction of sp³-hybridized carbons (Fsp3) is 0.929. The van der Waals surface area contributed by atoms with Gasteiger partial charge in [-0.1, -0.05) is 25.7 Å². The molecule has 0 aromatic carbocycles. The van der Waals surface area contributed by atoms with E-state index in [-0.39, 0.29) is 30.5 Å². The Morgan fingerprint density at radius 2 is 1.89 bits per heavy atom. The molecule has 1 atom stereocenters. The van der Waals surface area contributed by atoms with E-state index in [0.717, 1.165) is 25.7 Å². The molecule has 0 bridgehead atoms. The Balaban J connectivity index is 0.00000324. The number of carbonyl (C=O) groups excluding carboxylic acids is 1. The van der Waals surface area contributed by atoms with Crippen LogP contribution in [0.2, 0.25) is 0 Å². The zero-order chi connectivity index (χ0) is 13.2. The Bertz CT molecular complexity index is 231. The van der Waals surface area contributed by atoms with Crippen molar-refractivity contribution in [1.82, 2.24) is 5.32 Å². The number of nitrogens with two attached hydrogens (primary N) is 1. The predicted molar refractivity (Wildman–Crippen MR) is 80.6 cm³/mol. The topological polar surface area (TPSA) is 64.3 Å². The van der Waals surface area contributed by atoms with Crippen molar-refractivity contribution < 1.29 is 9.53 Å². The predicted octanol–water partition coefficient (Wildman–Crippen LogP) is 2.39. The van der Waals surface area contributed by atoms with Crippen molar-refractivity contribution in [3.63, 3.8) is 0 Å². The molecule has 1 rings (SSSR count). The van der Waals surface area contributed by atoms with E-state index in [9.17, 15) is 4.79 Å². The summed E-state index contributed by atoms with van der Waals surface area (Å²) in [7, 11) is 0. The number of rotatable bonds is 7. The fourth-order valence-electron chi connectivity index (χ4n) is 2.35. The van der Waals surface area contributed by atoms with Crippen LogP contribution in [0.4, 0.5) is 0 Å². The Morgan fingerprint density at radius 1 is 1.26 bits per heavy atom. The van der Waals surface area contributed by atoms with Gasteiger partial charge >= 0.3 is 0 Å². The second kappa shape index (κ2) is 11.5. The van der Waals surface area contributed by atoms with Gasteiger partial charge in [-0.2, -0.15) is 0 Å². The number of halogens is 1. The molecule has 5 heteroatoms. The molecule has 1 amide bonds. The number of hydrogen-bond acceptors (Lipinski definition) is 3. The maximum atomic E-state index is 11.8. The van der Waals surface area contributed by atoms with Gasteiger partial charge in [0.25, 0.3) is 0 Å². The monoisotopic (exact) mass is 292 g/mol. The van der Waals surface area contributed by atoms with E-state index in [2.05, 4.69) is 5.32 Å². The largest absolute Gasteiger partial charge is 0.365 e. The molecule has 0 spiro atoms. The Morgan fingerprint density at radius 3 is 2.47 bits per heavy atom. The van der Waals surface area contributed by atoms with Crippen molar-refractivity contribution in [2.45, 2.75) is 70.5 Å². The van der Waals surface area contributed by atoms with Crippen LogP contribution < -0.4 is 11.1 Å². The number of unbranched alkanes of at least 4 members (excludes halogenated alkanes) is 1. The van der Waals surface area contributed by atoms with Gasteiger partial charge < -0.3 is 15.8 Å². The molecule has 0 radical (unpaired) electrons. The van der Waals surface area contributed by atoms with Crippen molar-refractivity contribution in [3.05, 3.63) is 0 Å². The molecular formula is C14H29ClN2O2. The zero-order valence-electron chi connectivity index (χ0n) is 12.0. The van der Waals surface area contributed by atoms with Crippen LogP contribution in [0.3, 0.4) is 0 Å². The summed E-state index contributed by atoms with van der Waals surface area (Å²) in [4.78, 5) is 11.8. The zero-order valence-corrected chi connectivity index (χ0v) is 12.8. The highest BCUT2D eigenvalue weighted by molar-refractivity contribution is 5.85. The van der Waals surface area contributed by atoms with E-state index in [1.807, 2.05) is 6.92 Å². The minimum Gasteiger partial charge on any atom is -0.365 e. The molecule has 1 aliphatic rings. The van der Waals surface area contributed by atoms with Gasteiger partial charge in [-0.25, -0.2) is 0 Å². The van der Waals surface area contributed by atoms with Crippen LogP contribution >= 0.6 is 12.4 Å². The summed E-state index contributed by atoms with van der Waals surface area (Å²) in [5.41, 5.74) is 5.41. The summed E-state index contributed by atoms with van der Waals surface area (Å²) in [6, 6.07) is 0. The lowest BCUT2D eigenvalue weighted by atomic mass is 10.1. The van der Waals surface area contributed by atoms with Crippen molar-refractivity contribution in [3.8, 4) is 0 Å². The van der Waals surface area contributed by atoms with Gasteiger partial charge in [0, 0.05) is 6.54 Å². The second-order valence-electron chi connectivity index (χ2n) is 5.18.